The van der Waals surface area contributed by atoms with Crippen molar-refractivity contribution < 1.29 is 9.53 Å². The van der Waals surface area contributed by atoms with Crippen LogP contribution in [0.5, 0.6) is 5.75 Å². The van der Waals surface area contributed by atoms with Gasteiger partial charge in [-0.15, -0.1) is 0 Å². The smallest absolute Gasteiger partial charge is 0.251 e. The molecule has 0 saturated heterocycles. The average Bonchev–Trinajstić information content (AvgIpc) is 2.87. The van der Waals surface area contributed by atoms with Crippen molar-refractivity contribution in [3.63, 3.8) is 0 Å². The summed E-state index contributed by atoms with van der Waals surface area (Å²) in [5, 5.41) is 10.4. The van der Waals surface area contributed by atoms with Crippen LogP contribution in [0.2, 0.25) is 10.0 Å². The first-order valence-corrected chi connectivity index (χ1v) is 8.48. The molecule has 0 fully saturated rings. The number of halogens is 2. The monoisotopic (exact) mass is 388 g/mol. The van der Waals surface area contributed by atoms with E-state index in [0.29, 0.717) is 29.0 Å². The molecular weight excluding hydrogens is 371 g/mol. The van der Waals surface area contributed by atoms with E-state index < -0.39 is 0 Å². The summed E-state index contributed by atoms with van der Waals surface area (Å²) in [6, 6.07) is 3.23. The van der Waals surface area contributed by atoms with Crippen molar-refractivity contribution in [1.82, 2.24) is 20.1 Å². The number of methoxy groups -OCH3 is 1. The summed E-state index contributed by atoms with van der Waals surface area (Å²) in [5.74, 6) is 0.870. The Bertz CT molecular complexity index is 778. The summed E-state index contributed by atoms with van der Waals surface area (Å²) >= 11 is 17.3. The molecule has 6 nitrogen and oxygen atoms in total. The van der Waals surface area contributed by atoms with Crippen LogP contribution in [0.3, 0.4) is 0 Å². The molecule has 9 heteroatoms. The van der Waals surface area contributed by atoms with Gasteiger partial charge in [0.1, 0.15) is 5.82 Å². The molecular formula is C15H18Cl2N4O2S. The van der Waals surface area contributed by atoms with Crippen LogP contribution < -0.4 is 10.1 Å². The van der Waals surface area contributed by atoms with Crippen LogP contribution in [-0.2, 0) is 6.42 Å². The molecule has 0 radical (unpaired) electrons. The van der Waals surface area contributed by atoms with Crippen molar-refractivity contribution in [3.8, 4) is 5.75 Å². The Hall–Kier alpha value is -1.57. The second-order valence-corrected chi connectivity index (χ2v) is 6.59. The van der Waals surface area contributed by atoms with Crippen molar-refractivity contribution in [3.05, 3.63) is 38.3 Å². The van der Waals surface area contributed by atoms with Crippen molar-refractivity contribution in [2.45, 2.75) is 26.3 Å². The van der Waals surface area contributed by atoms with E-state index in [0.717, 1.165) is 5.82 Å². The number of nitrogens with one attached hydrogen (secondary N) is 2. The SMILES string of the molecule is COc1c(Cl)cc(C(=O)NCCc2n[nH]c(=S)n2C(C)C)cc1Cl. The Labute approximate surface area is 155 Å². The molecule has 0 bridgehead atoms. The molecule has 0 aliphatic carbocycles. The third-order valence-corrected chi connectivity index (χ3v) is 4.24. The molecule has 0 atom stereocenters. The van der Waals surface area contributed by atoms with Crippen LogP contribution in [0.15, 0.2) is 12.1 Å². The highest BCUT2D eigenvalue weighted by Gasteiger charge is 2.14. The van der Waals surface area contributed by atoms with Crippen LogP contribution in [-0.4, -0.2) is 34.3 Å². The average molecular weight is 389 g/mol. The fourth-order valence-corrected chi connectivity index (χ4v) is 3.33. The van der Waals surface area contributed by atoms with Gasteiger partial charge < -0.3 is 14.6 Å². The fraction of sp³-hybridized carbons (Fsp3) is 0.400. The number of hydrogen-bond acceptors (Lipinski definition) is 4. The Morgan fingerprint density at radius 2 is 2.04 bits per heavy atom. The highest BCUT2D eigenvalue weighted by atomic mass is 35.5. The second-order valence-electron chi connectivity index (χ2n) is 5.39. The van der Waals surface area contributed by atoms with Gasteiger partial charge >= 0.3 is 0 Å². The summed E-state index contributed by atoms with van der Waals surface area (Å²) in [5.41, 5.74) is 0.369. The topological polar surface area (TPSA) is 71.9 Å². The fourth-order valence-electron chi connectivity index (χ4n) is 2.32. The number of aromatic nitrogens is 3. The van der Waals surface area contributed by atoms with E-state index >= 15 is 0 Å². The second kappa shape index (κ2) is 8.00. The lowest BCUT2D eigenvalue weighted by molar-refractivity contribution is 0.0954. The normalized spacial score (nSPS) is 10.9. The number of hydrogen-bond donors (Lipinski definition) is 2. The van der Waals surface area contributed by atoms with Gasteiger partial charge in [0.2, 0.25) is 0 Å². The minimum absolute atomic E-state index is 0.196. The lowest BCUT2D eigenvalue weighted by atomic mass is 10.2. The molecule has 0 saturated carbocycles. The number of rotatable bonds is 6. The lowest BCUT2D eigenvalue weighted by Gasteiger charge is -2.11. The lowest BCUT2D eigenvalue weighted by Crippen LogP contribution is -2.26. The molecule has 0 aliphatic heterocycles. The molecule has 1 aromatic carbocycles. The molecule has 2 rings (SSSR count). The number of nitrogens with zero attached hydrogens (tertiary/aromatic N) is 2. The van der Waals surface area contributed by atoms with E-state index in [4.69, 9.17) is 40.2 Å². The van der Waals surface area contributed by atoms with E-state index in [1.165, 1.54) is 19.2 Å². The molecule has 2 aromatic rings. The third kappa shape index (κ3) is 4.09. The van der Waals surface area contributed by atoms with Gasteiger partial charge in [-0.3, -0.25) is 9.89 Å². The zero-order valence-corrected chi connectivity index (χ0v) is 15.8. The van der Waals surface area contributed by atoms with Gasteiger partial charge in [0.05, 0.1) is 17.2 Å². The van der Waals surface area contributed by atoms with Crippen LogP contribution in [0.4, 0.5) is 0 Å². The minimum Gasteiger partial charge on any atom is -0.494 e. The number of amides is 1. The summed E-state index contributed by atoms with van der Waals surface area (Å²) in [4.78, 5) is 12.2. The number of benzene rings is 1. The predicted molar refractivity (Wildman–Crippen MR) is 96.8 cm³/mol. The maximum Gasteiger partial charge on any atom is 0.251 e. The van der Waals surface area contributed by atoms with Gasteiger partial charge in [-0.2, -0.15) is 5.10 Å². The van der Waals surface area contributed by atoms with Gasteiger partial charge in [-0.25, -0.2) is 0 Å². The number of aromatic amines is 1. The Balaban J connectivity index is 2.03. The van der Waals surface area contributed by atoms with Crippen LogP contribution >= 0.6 is 35.4 Å². The number of ether oxygens (including phenoxy) is 1. The standard InChI is InChI=1S/C15H18Cl2N4O2S/c1-8(2)21-12(19-20-15(21)24)4-5-18-14(22)9-6-10(16)13(23-3)11(17)7-9/h6-8H,4-5H2,1-3H3,(H,18,22)(H,20,24). The van der Waals surface area contributed by atoms with Gasteiger partial charge in [-0.1, -0.05) is 23.2 Å². The van der Waals surface area contributed by atoms with E-state index in [1.54, 1.807) is 0 Å². The molecule has 1 aromatic heterocycles. The van der Waals surface area contributed by atoms with Crippen LogP contribution in [0.1, 0.15) is 36.1 Å². The number of carbonyl (C=O) groups excluding carboxylic acids is 1. The molecule has 0 spiro atoms. The molecule has 0 aliphatic rings. The van der Waals surface area contributed by atoms with Crippen LogP contribution in [0.25, 0.3) is 0 Å². The molecule has 130 valence electrons. The predicted octanol–water partition coefficient (Wildman–Crippen LogP) is 3.81. The van der Waals surface area contributed by atoms with Gasteiger partial charge in [0, 0.05) is 24.6 Å². The summed E-state index contributed by atoms with van der Waals surface area (Å²) in [6.07, 6.45) is 0.550. The summed E-state index contributed by atoms with van der Waals surface area (Å²) < 4.78 is 7.56. The molecule has 0 unspecified atom stereocenters. The van der Waals surface area contributed by atoms with E-state index in [1.807, 2.05) is 18.4 Å². The maximum atomic E-state index is 12.2. The van der Waals surface area contributed by atoms with E-state index in [-0.39, 0.29) is 22.0 Å². The molecule has 1 amide bonds. The molecule has 24 heavy (non-hydrogen) atoms. The van der Waals surface area contributed by atoms with Crippen LogP contribution in [0, 0.1) is 4.77 Å². The van der Waals surface area contributed by atoms with E-state index in [9.17, 15) is 4.79 Å². The minimum atomic E-state index is -0.272. The van der Waals surface area contributed by atoms with Crippen molar-refractivity contribution in [1.29, 1.82) is 0 Å². The third-order valence-electron chi connectivity index (χ3n) is 3.39. The quantitative estimate of drug-likeness (QED) is 0.737. The Morgan fingerprint density at radius 3 is 2.58 bits per heavy atom. The first kappa shape index (κ1) is 18.8. The summed E-state index contributed by atoms with van der Waals surface area (Å²) in [7, 11) is 1.47. The van der Waals surface area contributed by atoms with Crippen molar-refractivity contribution in [2.75, 3.05) is 13.7 Å². The highest BCUT2D eigenvalue weighted by Crippen LogP contribution is 2.33. The molecule has 2 N–H and O–H groups in total. The molecule has 1 heterocycles. The summed E-state index contributed by atoms with van der Waals surface area (Å²) in [6.45, 7) is 4.45. The zero-order valence-electron chi connectivity index (χ0n) is 13.5. The Morgan fingerprint density at radius 1 is 1.42 bits per heavy atom. The van der Waals surface area contributed by atoms with Crippen molar-refractivity contribution >= 4 is 41.3 Å². The van der Waals surface area contributed by atoms with Crippen molar-refractivity contribution in [2.24, 2.45) is 0 Å². The first-order chi connectivity index (χ1) is 11.3. The van der Waals surface area contributed by atoms with E-state index in [2.05, 4.69) is 15.5 Å². The maximum absolute atomic E-state index is 12.2. The largest absolute Gasteiger partial charge is 0.494 e. The first-order valence-electron chi connectivity index (χ1n) is 7.32. The zero-order chi connectivity index (χ0) is 17.9. The Kier molecular flexibility index (Phi) is 6.26. The van der Waals surface area contributed by atoms with Gasteiger partial charge in [0.25, 0.3) is 5.91 Å². The van der Waals surface area contributed by atoms with Gasteiger partial charge in [-0.05, 0) is 38.2 Å². The highest BCUT2D eigenvalue weighted by molar-refractivity contribution is 7.71. The number of H-pyrrole nitrogens is 1. The van der Waals surface area contributed by atoms with Gasteiger partial charge in [0.15, 0.2) is 10.5 Å². The number of carbonyl (C=O) groups is 1.